The van der Waals surface area contributed by atoms with Crippen LogP contribution in [0.2, 0.25) is 10.0 Å². The number of methoxy groups -OCH3 is 2. The monoisotopic (exact) mass is 1610 g/mol. The number of nitrogens with one attached hydrogen (secondary N) is 7. The molecule has 0 bridgehead atoms. The first-order chi connectivity index (χ1) is 52.3. The van der Waals surface area contributed by atoms with Gasteiger partial charge >= 0.3 is 5.97 Å². The SMILES string of the molecule is C=C[C@@H]1C[C@]1(NC(=O)[C@@H]1C[C@@H](Oc2ncc(OC)c3ccc(Cl)cc23)CN1C(=O)[C@@H](Nc1ccc(C(=O)N(C)C)cc1)C(C)(C)C)C(=O)NS(=O)(=O)C1CC1.C=C[C@@H]1C[C@]1(NC(=O)[C@@H]1C[C@@H](Oc2ncc(OC)c3ccc(Cl)cc23)CN1C(=O)[C@@H](Nc1ccc(C(=O)O)cc1)C(C)(C)C)C(=O)NS(=O)(=O)C1CC1.CNC. The molecule has 6 aliphatic rings. The molecular formula is C78H96Cl2N12O17S2. The van der Waals surface area contributed by atoms with Gasteiger partial charge < -0.3 is 65.3 Å². The number of amides is 7. The van der Waals surface area contributed by atoms with E-state index in [4.69, 9.17) is 42.1 Å². The van der Waals surface area contributed by atoms with E-state index in [1.54, 1.807) is 86.9 Å². The molecule has 2 aliphatic heterocycles. The molecule has 8 N–H and O–H groups in total. The van der Waals surface area contributed by atoms with Crippen molar-refractivity contribution >= 4 is 123 Å². The summed E-state index contributed by atoms with van der Waals surface area (Å²) in [6.45, 7) is 18.7. The third kappa shape index (κ3) is 18.9. The molecule has 2 saturated heterocycles. The topological polar surface area (TPSA) is 382 Å². The maximum Gasteiger partial charge on any atom is 0.335 e. The van der Waals surface area contributed by atoms with E-state index in [1.165, 1.54) is 65.6 Å². The highest BCUT2D eigenvalue weighted by atomic mass is 35.5. The number of carbonyl (C=O) groups excluding carboxylic acids is 7. The molecule has 29 nitrogen and oxygen atoms in total. The molecule has 4 saturated carbocycles. The van der Waals surface area contributed by atoms with Gasteiger partial charge in [0.2, 0.25) is 55.4 Å². The van der Waals surface area contributed by atoms with E-state index in [0.29, 0.717) is 85.7 Å². The van der Waals surface area contributed by atoms with Crippen LogP contribution in [0.25, 0.3) is 21.5 Å². The number of aromatic carboxylic acids is 1. The maximum atomic E-state index is 14.8. The van der Waals surface area contributed by atoms with Crippen LogP contribution in [-0.4, -0.2) is 207 Å². The molecule has 4 aliphatic carbocycles. The Morgan fingerprint density at radius 3 is 1.25 bits per heavy atom. The Morgan fingerprint density at radius 2 is 0.946 bits per heavy atom. The number of aromatic nitrogens is 2. The Kier molecular flexibility index (Phi) is 25.0. The highest BCUT2D eigenvalue weighted by Gasteiger charge is 2.64. The number of hydrogen-bond acceptors (Lipinski definition) is 21. The lowest BCUT2D eigenvalue weighted by atomic mass is 9.85. The number of benzene rings is 4. The number of anilines is 2. The summed E-state index contributed by atoms with van der Waals surface area (Å²) in [4.78, 5) is 122. The van der Waals surface area contributed by atoms with E-state index < -0.39 is 142 Å². The van der Waals surface area contributed by atoms with Crippen LogP contribution in [0.5, 0.6) is 23.3 Å². The van der Waals surface area contributed by atoms with Gasteiger partial charge in [0, 0.05) is 87.3 Å². The molecule has 4 heterocycles. The minimum absolute atomic E-state index is 0.00827. The van der Waals surface area contributed by atoms with Gasteiger partial charge in [-0.1, -0.05) is 76.9 Å². The molecule has 0 radical (unpaired) electrons. The summed E-state index contributed by atoms with van der Waals surface area (Å²) in [6, 6.07) is 19.1. The standard InChI is InChI=1S/C39H47ClN6O8S.C37H42ClN5O9S.C2H7N/c1-8-23-19-39(23,37(50)44-55(51,52)27-14-15-27)43-33(47)30-18-26(54-34-29-17-24(40)11-16-28(29)31(53-7)20-41-34)21-46(30)36(49)32(38(2,3)4)42-25-12-9-22(10-13-25)35(48)45(5)6;1-6-21-17-37(21,35(48)42-53(49,50)25-12-13-25)41-31(44)28-16-24(52-32-27-15-22(38)9-14-26(27)29(51-5)18-39-32)19-43(28)33(45)30(36(2,3)4)40-23-10-7-20(8-11-23)34(46)47;1-3-2/h8-13,16-17,20,23,26-27,30,32,42H,1,14-15,18-19,21H2,2-7H3,(H,43,47)(H,44,50);6-11,14-15,18,21,24-25,28,30,40H,1,12-13,16-17,19H2,2-5H3,(H,41,44)(H,42,48)(H,46,47);3H,1-2H3/t23-,26-,30+,32-,39-;21-,24-,28+,30-,37-;/m11./s1. The van der Waals surface area contributed by atoms with Crippen molar-refractivity contribution in [2.75, 3.05) is 66.1 Å². The predicted octanol–water partition coefficient (Wildman–Crippen LogP) is 8.12. The fourth-order valence-electron chi connectivity index (χ4n) is 13.6. The van der Waals surface area contributed by atoms with Crippen LogP contribution in [0, 0.1) is 22.7 Å². The number of carbonyl (C=O) groups is 8. The second-order valence-corrected chi connectivity index (χ2v) is 35.8. The first-order valence-corrected chi connectivity index (χ1v) is 40.1. The average molecular weight is 1610 g/mol. The number of fused-ring (bicyclic) bond motifs is 2. The molecular weight excluding hydrogens is 1510 g/mol. The van der Waals surface area contributed by atoms with Crippen molar-refractivity contribution in [3.63, 3.8) is 0 Å². The fourth-order valence-corrected chi connectivity index (χ4v) is 16.7. The van der Waals surface area contributed by atoms with Crippen molar-refractivity contribution in [2.45, 2.75) is 151 Å². The number of nitrogens with zero attached hydrogens (tertiary/aromatic N) is 5. The number of pyridine rings is 2. The summed E-state index contributed by atoms with van der Waals surface area (Å²) >= 11 is 12.7. The van der Waals surface area contributed by atoms with Crippen LogP contribution < -0.4 is 55.0 Å². The van der Waals surface area contributed by atoms with Crippen molar-refractivity contribution in [3.05, 3.63) is 144 Å². The third-order valence-electron chi connectivity index (χ3n) is 20.3. The Hall–Kier alpha value is -9.82. The minimum Gasteiger partial charge on any atom is -0.494 e. The first kappa shape index (κ1) is 83.6. The highest BCUT2D eigenvalue weighted by Crippen LogP contribution is 2.48. The lowest BCUT2D eigenvalue weighted by Gasteiger charge is -2.36. The Balaban J connectivity index is 0.000000228. The predicted molar refractivity (Wildman–Crippen MR) is 421 cm³/mol. The summed E-state index contributed by atoms with van der Waals surface area (Å²) in [5.74, 6) is -4.73. The van der Waals surface area contributed by atoms with Crippen molar-refractivity contribution in [1.29, 1.82) is 0 Å². The lowest BCUT2D eigenvalue weighted by Crippen LogP contribution is -2.58. The number of hydrogen-bond donors (Lipinski definition) is 8. The van der Waals surface area contributed by atoms with Crippen LogP contribution in [0.1, 0.15) is 114 Å². The Labute approximate surface area is 655 Å². The van der Waals surface area contributed by atoms with Crippen LogP contribution in [0.4, 0.5) is 11.4 Å². The Bertz CT molecular complexity index is 4840. The smallest absolute Gasteiger partial charge is 0.335 e. The molecule has 4 aromatic carbocycles. The van der Waals surface area contributed by atoms with E-state index in [1.807, 2.05) is 55.6 Å². The van der Waals surface area contributed by atoms with Crippen molar-refractivity contribution < 1.29 is 79.2 Å². The van der Waals surface area contributed by atoms with E-state index >= 15 is 0 Å². The van der Waals surface area contributed by atoms with Crippen molar-refractivity contribution in [3.8, 4) is 23.3 Å². The lowest BCUT2D eigenvalue weighted by molar-refractivity contribution is -0.141. The molecule has 596 valence electrons. The van der Waals surface area contributed by atoms with Crippen LogP contribution in [0.15, 0.2) is 123 Å². The highest BCUT2D eigenvalue weighted by molar-refractivity contribution is 7.91. The minimum atomic E-state index is -3.91. The van der Waals surface area contributed by atoms with Gasteiger partial charge in [0.05, 0.1) is 55.8 Å². The average Bonchev–Trinajstić information content (AvgIpc) is 1.57. The number of halogens is 2. The van der Waals surface area contributed by atoms with Gasteiger partial charge in [0.15, 0.2) is 0 Å². The second kappa shape index (κ2) is 33.2. The van der Waals surface area contributed by atoms with Gasteiger partial charge in [-0.25, -0.2) is 31.6 Å². The molecule has 12 rings (SSSR count). The molecule has 0 spiro atoms. The summed E-state index contributed by atoms with van der Waals surface area (Å²) < 4.78 is 79.0. The number of carboxylic acid groups (broad SMARTS) is 1. The van der Waals surface area contributed by atoms with Gasteiger partial charge in [-0.05, 0) is 148 Å². The summed E-state index contributed by atoms with van der Waals surface area (Å²) in [7, 11) is 2.30. The number of rotatable bonds is 26. The number of likely N-dealkylation sites (tertiary alicyclic amines) is 2. The summed E-state index contributed by atoms with van der Waals surface area (Å²) in [6.07, 6.45) is 6.69. The van der Waals surface area contributed by atoms with Gasteiger partial charge in [-0.2, -0.15) is 0 Å². The summed E-state index contributed by atoms with van der Waals surface area (Å²) in [5, 5.41) is 26.4. The van der Waals surface area contributed by atoms with Crippen LogP contribution in [0.3, 0.4) is 0 Å². The van der Waals surface area contributed by atoms with E-state index in [0.717, 1.165) is 0 Å². The molecule has 6 fully saturated rings. The van der Waals surface area contributed by atoms with Gasteiger partial charge in [0.1, 0.15) is 59.0 Å². The van der Waals surface area contributed by atoms with Crippen LogP contribution in [-0.2, 0) is 48.8 Å². The molecule has 111 heavy (non-hydrogen) atoms. The first-order valence-electron chi connectivity index (χ1n) is 36.2. The number of carboxylic acids is 1. The molecule has 2 aromatic heterocycles. The van der Waals surface area contributed by atoms with E-state index in [-0.39, 0.29) is 62.0 Å². The van der Waals surface area contributed by atoms with Gasteiger partial charge in [-0.3, -0.25) is 43.0 Å². The zero-order chi connectivity index (χ0) is 81.2. The molecule has 0 unspecified atom stereocenters. The van der Waals surface area contributed by atoms with E-state index in [9.17, 15) is 60.3 Å². The molecule has 10 atom stereocenters. The Morgan fingerprint density at radius 1 is 0.586 bits per heavy atom. The second-order valence-electron chi connectivity index (χ2n) is 31.0. The van der Waals surface area contributed by atoms with E-state index in [2.05, 4.69) is 59.2 Å². The third-order valence-corrected chi connectivity index (χ3v) is 24.4. The maximum absolute atomic E-state index is 14.8. The fraction of sp³-hybridized carbons (Fsp3) is 0.462. The quantitative estimate of drug-likeness (QED) is 0.0238. The number of ether oxygens (including phenoxy) is 4. The largest absolute Gasteiger partial charge is 0.494 e. The van der Waals surface area contributed by atoms with Gasteiger partial charge in [0.25, 0.3) is 17.7 Å². The molecule has 33 heteroatoms. The van der Waals surface area contributed by atoms with Crippen LogP contribution >= 0.6 is 23.2 Å². The van der Waals surface area contributed by atoms with Gasteiger partial charge in [-0.15, -0.1) is 13.2 Å². The van der Waals surface area contributed by atoms with Crippen molar-refractivity contribution in [1.82, 2.24) is 50.1 Å². The summed E-state index contributed by atoms with van der Waals surface area (Å²) in [5.41, 5.74) is -2.88. The molecule has 6 aromatic rings. The molecule has 7 amide bonds. The zero-order valence-corrected chi connectivity index (χ0v) is 67.1. The van der Waals surface area contributed by atoms with Crippen molar-refractivity contribution in [2.24, 2.45) is 22.7 Å². The number of sulfonamides is 2. The normalized spacial score (nSPS) is 22.4. The zero-order valence-electron chi connectivity index (χ0n) is 63.9.